The topological polar surface area (TPSA) is 124 Å². The Balaban J connectivity index is 0.00000210. The maximum Gasteiger partial charge on any atom is 0.235 e. The molecule has 5 rings (SSSR count). The summed E-state index contributed by atoms with van der Waals surface area (Å²) in [6.07, 6.45) is 2.44. The number of amidine groups is 2. The third kappa shape index (κ3) is 6.10. The van der Waals surface area contributed by atoms with Gasteiger partial charge in [0.25, 0.3) is 0 Å². The second-order valence-electron chi connectivity index (χ2n) is 9.86. The lowest BCUT2D eigenvalue weighted by Gasteiger charge is -2.33. The van der Waals surface area contributed by atoms with Gasteiger partial charge in [0.1, 0.15) is 17.7 Å². The van der Waals surface area contributed by atoms with Crippen LogP contribution in [0, 0.1) is 10.8 Å². The second-order valence-corrected chi connectivity index (χ2v) is 12.0. The van der Waals surface area contributed by atoms with E-state index in [1.807, 2.05) is 59.5 Å². The summed E-state index contributed by atoms with van der Waals surface area (Å²) >= 11 is 0. The summed E-state index contributed by atoms with van der Waals surface area (Å²) < 4.78 is 34.4. The first-order valence-electron chi connectivity index (χ1n) is 12.7. The van der Waals surface area contributed by atoms with E-state index in [4.69, 9.17) is 21.3 Å². The van der Waals surface area contributed by atoms with Crippen LogP contribution in [0.4, 0.5) is 5.69 Å². The molecule has 0 radical (unpaired) electrons. The highest BCUT2D eigenvalue weighted by atomic mass is 35.5. The number of nitrogen functional groups attached to an aromatic ring is 1. The van der Waals surface area contributed by atoms with Gasteiger partial charge in [-0.05, 0) is 78.9 Å². The molecule has 0 spiro atoms. The number of hydrogen-bond acceptors (Lipinski definition) is 5. The van der Waals surface area contributed by atoms with Gasteiger partial charge in [-0.1, -0.05) is 24.3 Å². The number of benzene rings is 3. The minimum Gasteiger partial charge on any atom is -0.489 e. The number of nitrogens with one attached hydrogen (secondary N) is 2. The Morgan fingerprint density at radius 3 is 2.49 bits per heavy atom. The molecular weight excluding hydrogens is 557 g/mol. The van der Waals surface area contributed by atoms with Gasteiger partial charge in [-0.3, -0.25) is 15.1 Å². The lowest BCUT2D eigenvalue weighted by atomic mass is 9.98. The minimum absolute atomic E-state index is 0. The quantitative estimate of drug-likeness (QED) is 0.266. The molecule has 0 aliphatic carbocycles. The number of hydrogen-bond donors (Lipinski definition) is 3. The van der Waals surface area contributed by atoms with E-state index in [1.54, 1.807) is 18.2 Å². The normalized spacial score (nSPS) is 18.6. The number of piperidine rings is 1. The van der Waals surface area contributed by atoms with Gasteiger partial charge in [0.15, 0.2) is 0 Å². The van der Waals surface area contributed by atoms with Crippen molar-refractivity contribution in [1.29, 1.82) is 10.8 Å². The average molecular weight is 593 g/mol. The number of rotatable bonds is 6. The number of nitrogens with zero attached hydrogens (tertiary/aromatic N) is 2. The molecule has 3 aromatic carbocycles. The molecule has 0 saturated carbocycles. The number of fused-ring (bicyclic) bond motifs is 2. The minimum atomic E-state index is -3.53. The number of ether oxygens (including phenoxy) is 1. The highest BCUT2D eigenvalue weighted by molar-refractivity contribution is 7.92. The zero-order valence-electron chi connectivity index (χ0n) is 22.0. The van der Waals surface area contributed by atoms with Crippen molar-refractivity contribution in [2.24, 2.45) is 5.73 Å². The molecule has 39 heavy (non-hydrogen) atoms. The van der Waals surface area contributed by atoms with Crippen LogP contribution in [-0.4, -0.2) is 49.9 Å². The third-order valence-electron chi connectivity index (χ3n) is 7.36. The zero-order chi connectivity index (χ0) is 26.3. The van der Waals surface area contributed by atoms with E-state index < -0.39 is 10.0 Å². The number of likely N-dealkylation sites (tertiary alicyclic amines) is 1. The monoisotopic (exact) mass is 591 g/mol. The SMILES string of the molecule is CCS(=O)(=O)N1c2ccc(OC3CCCN(C(C)=N)C3)cc2CC1c1ccc2ccc(C(=N)N)cc2c1.Cl.Cl. The van der Waals surface area contributed by atoms with E-state index in [9.17, 15) is 8.42 Å². The van der Waals surface area contributed by atoms with Crippen LogP contribution in [-0.2, 0) is 16.4 Å². The van der Waals surface area contributed by atoms with E-state index in [1.165, 1.54) is 0 Å². The first-order chi connectivity index (χ1) is 17.7. The van der Waals surface area contributed by atoms with Crippen molar-refractivity contribution in [3.63, 3.8) is 0 Å². The predicted octanol–water partition coefficient (Wildman–Crippen LogP) is 5.26. The lowest BCUT2D eigenvalue weighted by molar-refractivity contribution is 0.124. The first-order valence-corrected chi connectivity index (χ1v) is 14.3. The van der Waals surface area contributed by atoms with Gasteiger partial charge in [-0.15, -0.1) is 24.8 Å². The Morgan fingerprint density at radius 2 is 1.79 bits per heavy atom. The van der Waals surface area contributed by atoms with Crippen LogP contribution in [0.2, 0.25) is 0 Å². The smallest absolute Gasteiger partial charge is 0.235 e. The average Bonchev–Trinajstić information content (AvgIpc) is 3.28. The van der Waals surface area contributed by atoms with Crippen molar-refractivity contribution in [3.05, 3.63) is 71.3 Å². The van der Waals surface area contributed by atoms with Crippen molar-refractivity contribution in [1.82, 2.24) is 4.90 Å². The molecule has 1 fully saturated rings. The van der Waals surface area contributed by atoms with Crippen molar-refractivity contribution in [3.8, 4) is 5.75 Å². The maximum atomic E-state index is 13.3. The van der Waals surface area contributed by atoms with Crippen LogP contribution in [0.3, 0.4) is 0 Å². The van der Waals surface area contributed by atoms with Crippen LogP contribution >= 0.6 is 24.8 Å². The summed E-state index contributed by atoms with van der Waals surface area (Å²) in [7, 11) is -3.53. The van der Waals surface area contributed by atoms with Crippen molar-refractivity contribution >= 4 is 63.0 Å². The Bertz CT molecular complexity index is 1500. The summed E-state index contributed by atoms with van der Waals surface area (Å²) in [4.78, 5) is 2.03. The molecular formula is C28H35Cl2N5O3S. The third-order valence-corrected chi connectivity index (χ3v) is 9.14. The van der Waals surface area contributed by atoms with Gasteiger partial charge in [0.05, 0.1) is 29.9 Å². The molecule has 2 aliphatic rings. The fourth-order valence-electron chi connectivity index (χ4n) is 5.38. The number of halogens is 2. The van der Waals surface area contributed by atoms with Gasteiger partial charge in [0, 0.05) is 18.5 Å². The van der Waals surface area contributed by atoms with Crippen LogP contribution in [0.5, 0.6) is 5.75 Å². The summed E-state index contributed by atoms with van der Waals surface area (Å²) in [5.41, 5.74) is 8.86. The Kier molecular flexibility index (Phi) is 9.41. The van der Waals surface area contributed by atoms with Crippen molar-refractivity contribution < 1.29 is 13.2 Å². The second kappa shape index (κ2) is 12.0. The first kappa shape index (κ1) is 30.5. The maximum absolute atomic E-state index is 13.3. The Morgan fingerprint density at radius 1 is 1.05 bits per heavy atom. The Hall–Kier alpha value is -3.01. The molecule has 210 valence electrons. The van der Waals surface area contributed by atoms with Crippen molar-refractivity contribution in [2.75, 3.05) is 23.1 Å². The van der Waals surface area contributed by atoms with E-state index in [0.29, 0.717) is 30.1 Å². The summed E-state index contributed by atoms with van der Waals surface area (Å²) in [6.45, 7) is 5.03. The molecule has 1 saturated heterocycles. The van der Waals surface area contributed by atoms with Gasteiger partial charge in [-0.2, -0.15) is 0 Å². The molecule has 2 heterocycles. The van der Waals surface area contributed by atoms with Gasteiger partial charge < -0.3 is 15.4 Å². The largest absolute Gasteiger partial charge is 0.489 e. The van der Waals surface area contributed by atoms with E-state index in [-0.39, 0.29) is 48.5 Å². The van der Waals surface area contributed by atoms with Crippen molar-refractivity contribution in [2.45, 2.75) is 45.3 Å². The van der Waals surface area contributed by atoms with E-state index >= 15 is 0 Å². The number of sulfonamides is 1. The predicted molar refractivity (Wildman–Crippen MR) is 163 cm³/mol. The zero-order valence-corrected chi connectivity index (χ0v) is 24.5. The number of anilines is 1. The standard InChI is InChI=1S/C28H33N5O3S.2ClH/c1-3-37(34,35)33-26-11-10-24(36-25-5-4-12-32(17-25)18(2)29)15-23(26)16-27(33)20-8-6-19-7-9-21(28(30)31)14-22(19)13-20;;/h6-11,13-15,25,27,29H,3-5,12,16-17H2,1-2H3,(H3,30,31);2*1H. The van der Waals surface area contributed by atoms with Gasteiger partial charge in [-0.25, -0.2) is 8.42 Å². The molecule has 4 N–H and O–H groups in total. The fourth-order valence-corrected chi connectivity index (χ4v) is 6.72. The van der Waals surface area contributed by atoms with Crippen LogP contribution in [0.15, 0.2) is 54.6 Å². The summed E-state index contributed by atoms with van der Waals surface area (Å²) in [5, 5.41) is 17.6. The molecule has 8 nitrogen and oxygen atoms in total. The number of nitrogens with two attached hydrogens (primary N) is 1. The molecule has 2 aliphatic heterocycles. The molecule has 0 amide bonds. The van der Waals surface area contributed by atoms with Crippen LogP contribution in [0.25, 0.3) is 10.8 Å². The molecule has 2 unspecified atom stereocenters. The summed E-state index contributed by atoms with van der Waals surface area (Å²) in [5.74, 6) is 1.29. The molecule has 2 atom stereocenters. The lowest BCUT2D eigenvalue weighted by Crippen LogP contribution is -2.43. The Labute approximate surface area is 242 Å². The van der Waals surface area contributed by atoms with Gasteiger partial charge >= 0.3 is 0 Å². The highest BCUT2D eigenvalue weighted by Crippen LogP contribution is 2.44. The van der Waals surface area contributed by atoms with Crippen LogP contribution < -0.4 is 14.8 Å². The molecule has 0 aromatic heterocycles. The molecule has 3 aromatic rings. The fraction of sp³-hybridized carbons (Fsp3) is 0.357. The highest BCUT2D eigenvalue weighted by Gasteiger charge is 2.38. The van der Waals surface area contributed by atoms with E-state index in [2.05, 4.69) is 0 Å². The van der Waals surface area contributed by atoms with Crippen LogP contribution in [0.1, 0.15) is 49.4 Å². The van der Waals surface area contributed by atoms with Gasteiger partial charge in [0.2, 0.25) is 10.0 Å². The van der Waals surface area contributed by atoms with E-state index in [0.717, 1.165) is 47.0 Å². The molecule has 11 heteroatoms. The summed E-state index contributed by atoms with van der Waals surface area (Å²) in [6, 6.07) is 16.9. The molecule has 0 bridgehead atoms.